The van der Waals surface area contributed by atoms with Crippen LogP contribution in [0.5, 0.6) is 0 Å². The average molecular weight is 351 g/mol. The van der Waals surface area contributed by atoms with Crippen LogP contribution in [0.15, 0.2) is 11.1 Å². The van der Waals surface area contributed by atoms with Gasteiger partial charge < -0.3 is 9.16 Å². The summed E-state index contributed by atoms with van der Waals surface area (Å²) in [6.07, 6.45) is 3.97. The molecule has 0 spiro atoms. The van der Waals surface area contributed by atoms with Gasteiger partial charge in [0.1, 0.15) is 0 Å². The van der Waals surface area contributed by atoms with Gasteiger partial charge >= 0.3 is 5.97 Å². The molecule has 24 heavy (non-hydrogen) atoms. The monoisotopic (exact) mass is 350 g/mol. The lowest BCUT2D eigenvalue weighted by molar-refractivity contribution is -0.140. The summed E-state index contributed by atoms with van der Waals surface area (Å²) in [5.41, 5.74) is 2.27. The molecule has 3 rings (SSSR count). The van der Waals surface area contributed by atoms with E-state index in [4.69, 9.17) is 9.16 Å². The van der Waals surface area contributed by atoms with Gasteiger partial charge in [-0.25, -0.2) is 4.79 Å². The van der Waals surface area contributed by atoms with Gasteiger partial charge in [-0.2, -0.15) is 0 Å². The molecule has 3 aliphatic carbocycles. The first-order chi connectivity index (χ1) is 11.1. The molecule has 0 N–H and O–H groups in total. The van der Waals surface area contributed by atoms with Crippen LogP contribution >= 0.6 is 0 Å². The molecular weight excluding hydrogens is 316 g/mol. The second-order valence-electron chi connectivity index (χ2n) is 9.49. The third-order valence-electron chi connectivity index (χ3n) is 7.13. The van der Waals surface area contributed by atoms with Crippen LogP contribution in [0.1, 0.15) is 53.9 Å². The minimum atomic E-state index is -1.85. The Kier molecular flexibility index (Phi) is 4.53. The molecule has 2 bridgehead atoms. The van der Waals surface area contributed by atoms with E-state index in [0.717, 1.165) is 11.5 Å². The molecule has 0 aromatic heterocycles. The summed E-state index contributed by atoms with van der Waals surface area (Å²) >= 11 is 0. The largest absolute Gasteiger partial charge is 0.463 e. The third-order valence-corrected chi connectivity index (χ3v) is 11.7. The zero-order valence-corrected chi connectivity index (χ0v) is 17.4. The number of rotatable bonds is 5. The molecule has 5 atom stereocenters. The zero-order valence-electron chi connectivity index (χ0n) is 16.4. The molecule has 0 aliphatic heterocycles. The van der Waals surface area contributed by atoms with E-state index in [2.05, 4.69) is 40.8 Å². The first-order valence-electron chi connectivity index (χ1n) is 9.67. The third kappa shape index (κ3) is 2.70. The highest BCUT2D eigenvalue weighted by molar-refractivity contribution is 6.74. The Balaban J connectivity index is 1.88. The minimum absolute atomic E-state index is 0.0471. The van der Waals surface area contributed by atoms with Crippen LogP contribution in [0.2, 0.25) is 18.1 Å². The summed E-state index contributed by atoms with van der Waals surface area (Å²) in [4.78, 5) is 12.6. The van der Waals surface area contributed by atoms with Crippen LogP contribution < -0.4 is 0 Å². The van der Waals surface area contributed by atoms with Crippen molar-refractivity contribution in [3.05, 3.63) is 11.1 Å². The van der Waals surface area contributed by atoms with Gasteiger partial charge in [-0.3, -0.25) is 0 Å². The minimum Gasteiger partial charge on any atom is -0.463 e. The Morgan fingerprint density at radius 2 is 1.79 bits per heavy atom. The van der Waals surface area contributed by atoms with E-state index < -0.39 is 8.32 Å². The predicted molar refractivity (Wildman–Crippen MR) is 99.2 cm³/mol. The summed E-state index contributed by atoms with van der Waals surface area (Å²) in [6, 6.07) is 0. The molecule has 0 heterocycles. The van der Waals surface area contributed by atoms with Crippen LogP contribution in [0.25, 0.3) is 0 Å². The van der Waals surface area contributed by atoms with Gasteiger partial charge in [-0.1, -0.05) is 20.8 Å². The fourth-order valence-corrected chi connectivity index (χ4v) is 6.43. The van der Waals surface area contributed by atoms with Gasteiger partial charge in [-0.05, 0) is 74.6 Å². The van der Waals surface area contributed by atoms with Crippen LogP contribution in [-0.2, 0) is 14.0 Å². The van der Waals surface area contributed by atoms with Crippen molar-refractivity contribution in [2.45, 2.75) is 78.1 Å². The van der Waals surface area contributed by atoms with Crippen molar-refractivity contribution in [2.24, 2.45) is 23.7 Å². The maximum Gasteiger partial charge on any atom is 0.334 e. The Morgan fingerprint density at radius 1 is 1.21 bits per heavy atom. The lowest BCUT2D eigenvalue weighted by Crippen LogP contribution is -2.49. The summed E-state index contributed by atoms with van der Waals surface area (Å²) in [7, 11) is -1.85. The van der Waals surface area contributed by atoms with Gasteiger partial charge in [-0.15, -0.1) is 0 Å². The number of hydrogen-bond acceptors (Lipinski definition) is 3. The van der Waals surface area contributed by atoms with Crippen LogP contribution in [0.3, 0.4) is 0 Å². The maximum atomic E-state index is 12.6. The molecule has 3 aliphatic rings. The fourth-order valence-electron chi connectivity index (χ4n) is 5.06. The number of carbonyl (C=O) groups excluding carboxylic acids is 1. The van der Waals surface area contributed by atoms with Crippen molar-refractivity contribution in [3.8, 4) is 0 Å². The van der Waals surface area contributed by atoms with E-state index in [0.29, 0.717) is 24.4 Å². The molecule has 2 fully saturated rings. The van der Waals surface area contributed by atoms with E-state index >= 15 is 0 Å². The lowest BCUT2D eigenvalue weighted by Gasteiger charge is -2.48. The summed E-state index contributed by atoms with van der Waals surface area (Å²) in [5.74, 6) is 2.46. The molecule has 0 saturated heterocycles. The van der Waals surface area contributed by atoms with E-state index in [1.807, 2.05) is 6.92 Å². The fraction of sp³-hybridized carbons (Fsp3) is 0.850. The second-order valence-corrected chi connectivity index (χ2v) is 14.3. The van der Waals surface area contributed by atoms with Crippen LogP contribution in [-0.4, -0.2) is 27.0 Å². The second kappa shape index (κ2) is 5.98. The summed E-state index contributed by atoms with van der Waals surface area (Å²) in [6.45, 7) is 15.9. The van der Waals surface area contributed by atoms with Crippen molar-refractivity contribution in [3.63, 3.8) is 0 Å². The molecule has 4 heteroatoms. The Hall–Kier alpha value is -0.613. The van der Waals surface area contributed by atoms with Crippen LogP contribution in [0.4, 0.5) is 0 Å². The number of esters is 1. The van der Waals surface area contributed by atoms with E-state index in [1.165, 1.54) is 24.8 Å². The van der Waals surface area contributed by atoms with Crippen molar-refractivity contribution in [1.29, 1.82) is 0 Å². The summed E-state index contributed by atoms with van der Waals surface area (Å²) in [5, 5.41) is 0.184. The number of fused-ring (bicyclic) bond motifs is 5. The van der Waals surface area contributed by atoms with Gasteiger partial charge in [0.25, 0.3) is 0 Å². The van der Waals surface area contributed by atoms with Crippen molar-refractivity contribution < 1.29 is 14.0 Å². The standard InChI is InChI=1S/C20H34O3Si/c1-8-22-19(21)18-15(12(2)23-24(6,7)20(3,4)5)16-13-9-10-14(11-13)17(16)18/h12-14,16-17H,8-11H2,1-7H3/t12-,13-,14+,16-,17-/m0/s1. The quantitative estimate of drug-likeness (QED) is 0.521. The highest BCUT2D eigenvalue weighted by Crippen LogP contribution is 2.64. The molecule has 0 amide bonds. The van der Waals surface area contributed by atoms with Crippen molar-refractivity contribution in [1.82, 2.24) is 0 Å². The first-order valence-corrected chi connectivity index (χ1v) is 12.6. The lowest BCUT2D eigenvalue weighted by atomic mass is 9.60. The van der Waals surface area contributed by atoms with Crippen molar-refractivity contribution in [2.75, 3.05) is 6.61 Å². The SMILES string of the molecule is CCOC(=O)C1=C([C@H](C)O[Si](C)(C)C(C)(C)C)[C@@H]2[C@H]3CC[C@H](C3)[C@H]12. The zero-order chi connectivity index (χ0) is 17.9. The van der Waals surface area contributed by atoms with E-state index in [9.17, 15) is 4.79 Å². The van der Waals surface area contributed by atoms with Gasteiger partial charge in [0, 0.05) is 11.5 Å². The van der Waals surface area contributed by atoms with Gasteiger partial charge in [0.2, 0.25) is 0 Å². The highest BCUT2D eigenvalue weighted by Gasteiger charge is 2.60. The van der Waals surface area contributed by atoms with Crippen molar-refractivity contribution >= 4 is 14.3 Å². The highest BCUT2D eigenvalue weighted by atomic mass is 28.4. The average Bonchev–Trinajstić information content (AvgIpc) is 2.94. The predicted octanol–water partition coefficient (Wildman–Crippen LogP) is 4.93. The molecule has 136 valence electrons. The Labute approximate surface area is 148 Å². The van der Waals surface area contributed by atoms with E-state index in [1.54, 1.807) is 0 Å². The first kappa shape index (κ1) is 18.2. The number of carbonyl (C=O) groups is 1. The molecular formula is C20H34O3Si. The molecule has 0 radical (unpaired) electrons. The molecule has 0 unspecified atom stereocenters. The van der Waals surface area contributed by atoms with E-state index in [-0.39, 0.29) is 17.1 Å². The number of ether oxygens (including phenoxy) is 1. The normalized spacial score (nSPS) is 33.3. The molecule has 0 aromatic carbocycles. The Bertz CT molecular complexity index is 558. The topological polar surface area (TPSA) is 35.5 Å². The maximum absolute atomic E-state index is 12.6. The van der Waals surface area contributed by atoms with Gasteiger partial charge in [0.05, 0.1) is 12.7 Å². The molecule has 2 saturated carbocycles. The summed E-state index contributed by atoms with van der Waals surface area (Å²) < 4.78 is 12.1. The number of hydrogen-bond donors (Lipinski definition) is 0. The molecule has 0 aromatic rings. The smallest absolute Gasteiger partial charge is 0.334 e. The Morgan fingerprint density at radius 3 is 2.33 bits per heavy atom. The molecule has 3 nitrogen and oxygen atoms in total. The van der Waals surface area contributed by atoms with Crippen LogP contribution in [0, 0.1) is 23.7 Å². The van der Waals surface area contributed by atoms with Gasteiger partial charge in [0.15, 0.2) is 8.32 Å².